The van der Waals surface area contributed by atoms with Gasteiger partial charge in [0.2, 0.25) is 0 Å². The van der Waals surface area contributed by atoms with Crippen molar-refractivity contribution in [2.24, 2.45) is 0 Å². The van der Waals surface area contributed by atoms with E-state index in [9.17, 15) is 23.3 Å². The van der Waals surface area contributed by atoms with Crippen molar-refractivity contribution in [3.05, 3.63) is 39.4 Å². The van der Waals surface area contributed by atoms with Crippen LogP contribution in [0.15, 0.2) is 18.2 Å². The first-order valence-corrected chi connectivity index (χ1v) is 6.90. The third-order valence-corrected chi connectivity index (χ3v) is 3.65. The molecule has 1 aromatic rings. The smallest absolute Gasteiger partial charge is 0.309 e. The van der Waals surface area contributed by atoms with E-state index in [1.165, 1.54) is 6.07 Å². The topological polar surface area (TPSA) is 58.4 Å². The van der Waals surface area contributed by atoms with E-state index < -0.39 is 22.4 Å². The minimum absolute atomic E-state index is 0.0656. The van der Waals surface area contributed by atoms with Crippen LogP contribution in [0.4, 0.5) is 18.9 Å². The van der Waals surface area contributed by atoms with E-state index in [2.05, 4.69) is 5.32 Å². The number of hydrogen-bond acceptors (Lipinski definition) is 4. The molecule has 0 radical (unpaired) electrons. The fraction of sp³-hybridized carbons (Fsp3) is 0.571. The lowest BCUT2D eigenvalue weighted by atomic mass is 10.00. The van der Waals surface area contributed by atoms with Gasteiger partial charge in [-0.2, -0.15) is 13.2 Å². The van der Waals surface area contributed by atoms with Crippen LogP contribution in [0.2, 0.25) is 0 Å². The van der Waals surface area contributed by atoms with Crippen LogP contribution in [0.5, 0.6) is 0 Å². The number of hydrogen-bond donors (Lipinski definition) is 1. The molecule has 0 saturated carbocycles. The maximum atomic E-state index is 13.1. The molecule has 0 atom stereocenters. The van der Waals surface area contributed by atoms with Crippen molar-refractivity contribution in [2.45, 2.75) is 32.1 Å². The molecule has 1 heterocycles. The summed E-state index contributed by atoms with van der Waals surface area (Å²) in [6.07, 6.45) is -4.61. The largest absolute Gasteiger partial charge is 0.416 e. The first kappa shape index (κ1) is 16.7. The Morgan fingerprint density at radius 3 is 2.64 bits per heavy atom. The number of halogens is 3. The molecule has 0 aromatic heterocycles. The van der Waals surface area contributed by atoms with Crippen molar-refractivity contribution in [3.8, 4) is 0 Å². The maximum absolute atomic E-state index is 13.1. The summed E-state index contributed by atoms with van der Waals surface area (Å²) in [5.41, 5.74) is -1.58. The zero-order chi connectivity index (χ0) is 16.5. The monoisotopic (exact) mass is 317 g/mol. The normalized spacial score (nSPS) is 19.1. The molecular weight excluding hydrogens is 299 g/mol. The van der Waals surface area contributed by atoms with Crippen molar-refractivity contribution in [3.63, 3.8) is 0 Å². The Labute approximate surface area is 126 Å². The summed E-state index contributed by atoms with van der Waals surface area (Å²) in [4.78, 5) is 11.8. The number of nitrogens with one attached hydrogen (secondary N) is 1. The molecule has 0 unspecified atom stereocenters. The van der Waals surface area contributed by atoms with E-state index in [1.807, 2.05) is 18.7 Å². The molecule has 1 aromatic carbocycles. The SMILES string of the molecule is CC1(C)CN(Cc2ccc([N+](=O)[O-])cc2C(F)(F)F)CCN1. The zero-order valence-corrected chi connectivity index (χ0v) is 12.4. The van der Waals surface area contributed by atoms with Crippen molar-refractivity contribution >= 4 is 5.69 Å². The van der Waals surface area contributed by atoms with Crippen LogP contribution in [0.3, 0.4) is 0 Å². The molecule has 0 amide bonds. The third-order valence-electron chi connectivity index (χ3n) is 3.65. The fourth-order valence-corrected chi connectivity index (χ4v) is 2.70. The summed E-state index contributed by atoms with van der Waals surface area (Å²) in [5.74, 6) is 0. The molecule has 1 aliphatic rings. The van der Waals surface area contributed by atoms with Crippen molar-refractivity contribution in [1.82, 2.24) is 10.2 Å². The van der Waals surface area contributed by atoms with Gasteiger partial charge in [0.05, 0.1) is 10.5 Å². The molecule has 1 N–H and O–H groups in total. The Balaban J connectivity index is 2.28. The highest BCUT2D eigenvalue weighted by Gasteiger charge is 2.36. The second kappa shape index (κ2) is 5.85. The summed E-state index contributed by atoms with van der Waals surface area (Å²) in [6, 6.07) is 2.94. The van der Waals surface area contributed by atoms with E-state index in [1.54, 1.807) is 0 Å². The summed E-state index contributed by atoms with van der Waals surface area (Å²) < 4.78 is 39.4. The highest BCUT2D eigenvalue weighted by molar-refractivity contribution is 5.41. The van der Waals surface area contributed by atoms with E-state index in [0.717, 1.165) is 6.07 Å². The van der Waals surface area contributed by atoms with Crippen LogP contribution >= 0.6 is 0 Å². The second-order valence-electron chi connectivity index (χ2n) is 6.12. The van der Waals surface area contributed by atoms with Gasteiger partial charge in [-0.15, -0.1) is 0 Å². The predicted octanol–water partition coefficient (Wildman–Crippen LogP) is 2.80. The zero-order valence-electron chi connectivity index (χ0n) is 12.4. The molecule has 1 saturated heterocycles. The number of alkyl halides is 3. The van der Waals surface area contributed by atoms with Crippen LogP contribution in [0.1, 0.15) is 25.0 Å². The van der Waals surface area contributed by atoms with E-state index >= 15 is 0 Å². The molecule has 8 heteroatoms. The van der Waals surface area contributed by atoms with Gasteiger partial charge in [-0.05, 0) is 19.4 Å². The Bertz CT molecular complexity index is 573. The number of nitro benzene ring substituents is 1. The highest BCUT2D eigenvalue weighted by atomic mass is 19.4. The third kappa shape index (κ3) is 3.95. The van der Waals surface area contributed by atoms with Crippen molar-refractivity contribution in [2.75, 3.05) is 19.6 Å². The van der Waals surface area contributed by atoms with Crippen LogP contribution in [0, 0.1) is 10.1 Å². The van der Waals surface area contributed by atoms with Gasteiger partial charge < -0.3 is 5.32 Å². The van der Waals surface area contributed by atoms with Gasteiger partial charge in [0.15, 0.2) is 0 Å². The number of piperazine rings is 1. The van der Waals surface area contributed by atoms with E-state index in [-0.39, 0.29) is 17.6 Å². The summed E-state index contributed by atoms with van der Waals surface area (Å²) >= 11 is 0. The molecule has 1 fully saturated rings. The summed E-state index contributed by atoms with van der Waals surface area (Å²) in [6.45, 7) is 6.04. The van der Waals surface area contributed by atoms with Gasteiger partial charge in [0.25, 0.3) is 5.69 Å². The van der Waals surface area contributed by atoms with Crippen molar-refractivity contribution in [1.29, 1.82) is 0 Å². The quantitative estimate of drug-likeness (QED) is 0.688. The van der Waals surface area contributed by atoms with Crippen LogP contribution in [-0.2, 0) is 12.7 Å². The van der Waals surface area contributed by atoms with Crippen LogP contribution in [0.25, 0.3) is 0 Å². The summed E-state index contributed by atoms with van der Waals surface area (Å²) in [7, 11) is 0. The first-order valence-electron chi connectivity index (χ1n) is 6.90. The lowest BCUT2D eigenvalue weighted by Crippen LogP contribution is -2.56. The molecule has 5 nitrogen and oxygen atoms in total. The molecule has 1 aliphatic heterocycles. The van der Waals surface area contributed by atoms with Gasteiger partial charge in [0, 0.05) is 43.9 Å². The number of rotatable bonds is 3. The number of nitro groups is 1. The standard InChI is InChI=1S/C14H18F3N3O2/c1-13(2)9-19(6-5-18-13)8-10-3-4-11(20(21)22)7-12(10)14(15,16)17/h3-4,7,18H,5-6,8-9H2,1-2H3. The Kier molecular flexibility index (Phi) is 4.44. The van der Waals surface area contributed by atoms with Crippen molar-refractivity contribution < 1.29 is 18.1 Å². The van der Waals surface area contributed by atoms with Gasteiger partial charge in [-0.25, -0.2) is 0 Å². The van der Waals surface area contributed by atoms with Gasteiger partial charge >= 0.3 is 6.18 Å². The first-order chi connectivity index (χ1) is 10.1. The Morgan fingerprint density at radius 2 is 2.09 bits per heavy atom. The molecule has 0 spiro atoms. The molecule has 0 aliphatic carbocycles. The van der Waals surface area contributed by atoms with E-state index in [0.29, 0.717) is 25.7 Å². The minimum atomic E-state index is -4.61. The van der Waals surface area contributed by atoms with Crippen LogP contribution < -0.4 is 5.32 Å². The average Bonchev–Trinajstić information content (AvgIpc) is 2.36. The van der Waals surface area contributed by atoms with Gasteiger partial charge in [-0.3, -0.25) is 15.0 Å². The molecule has 22 heavy (non-hydrogen) atoms. The van der Waals surface area contributed by atoms with Gasteiger partial charge in [-0.1, -0.05) is 6.07 Å². The lowest BCUT2D eigenvalue weighted by molar-refractivity contribution is -0.385. The molecule has 0 bridgehead atoms. The predicted molar refractivity (Wildman–Crippen MR) is 75.5 cm³/mol. The Hall–Kier alpha value is -1.67. The molecular formula is C14H18F3N3O2. The highest BCUT2D eigenvalue weighted by Crippen LogP contribution is 2.35. The fourth-order valence-electron chi connectivity index (χ4n) is 2.70. The number of benzene rings is 1. The molecule has 2 rings (SSSR count). The summed E-state index contributed by atoms with van der Waals surface area (Å²) in [5, 5.41) is 14.0. The van der Waals surface area contributed by atoms with Gasteiger partial charge in [0.1, 0.15) is 0 Å². The number of nitrogens with zero attached hydrogens (tertiary/aromatic N) is 2. The lowest BCUT2D eigenvalue weighted by Gasteiger charge is -2.39. The number of non-ortho nitro benzene ring substituents is 1. The minimum Gasteiger partial charge on any atom is -0.309 e. The molecule has 122 valence electrons. The Morgan fingerprint density at radius 1 is 1.41 bits per heavy atom. The average molecular weight is 317 g/mol. The second-order valence-corrected chi connectivity index (χ2v) is 6.12. The van der Waals surface area contributed by atoms with Crippen LogP contribution in [-0.4, -0.2) is 35.0 Å². The maximum Gasteiger partial charge on any atom is 0.416 e. The van der Waals surface area contributed by atoms with E-state index in [4.69, 9.17) is 0 Å².